The quantitative estimate of drug-likeness (QED) is 0.124. The molecule has 4 aromatic rings. The Balaban J connectivity index is 1.23. The van der Waals surface area contributed by atoms with E-state index >= 15 is 0 Å². The van der Waals surface area contributed by atoms with Gasteiger partial charge in [0.15, 0.2) is 17.2 Å². The van der Waals surface area contributed by atoms with E-state index in [0.717, 1.165) is 0 Å². The molecule has 57 heavy (non-hydrogen) atoms. The number of benzene rings is 2. The Labute approximate surface area is 328 Å². The Bertz CT molecular complexity index is 2260. The highest BCUT2D eigenvalue weighted by molar-refractivity contribution is 6.15. The van der Waals surface area contributed by atoms with Crippen LogP contribution in [0.25, 0.3) is 21.8 Å². The number of esters is 1. The van der Waals surface area contributed by atoms with Gasteiger partial charge < -0.3 is 58.2 Å². The Morgan fingerprint density at radius 2 is 1.58 bits per heavy atom. The highest BCUT2D eigenvalue weighted by Crippen LogP contribution is 2.45. The van der Waals surface area contributed by atoms with Crippen LogP contribution in [0.15, 0.2) is 30.4 Å². The number of nitrogens with one attached hydrogen (secondary N) is 2. The fourth-order valence-corrected chi connectivity index (χ4v) is 7.39. The van der Waals surface area contributed by atoms with Gasteiger partial charge >= 0.3 is 24.1 Å². The van der Waals surface area contributed by atoms with Crippen molar-refractivity contribution >= 4 is 57.5 Å². The largest absolute Gasteiger partial charge is 0.493 e. The third-order valence-corrected chi connectivity index (χ3v) is 10.5. The molecule has 0 bridgehead atoms. The highest BCUT2D eigenvalue weighted by Gasteiger charge is 2.34. The van der Waals surface area contributed by atoms with E-state index in [-0.39, 0.29) is 42.5 Å². The van der Waals surface area contributed by atoms with Crippen LogP contribution in [-0.2, 0) is 20.7 Å². The maximum atomic E-state index is 14.3. The van der Waals surface area contributed by atoms with Crippen molar-refractivity contribution in [1.82, 2.24) is 19.8 Å². The number of carbonyl (C=O) groups is 5. The van der Waals surface area contributed by atoms with Crippen LogP contribution in [0.5, 0.6) is 23.0 Å². The summed E-state index contributed by atoms with van der Waals surface area (Å²) in [6.45, 7) is 2.15. The maximum Gasteiger partial charge on any atom is 0.415 e. The molecule has 2 atom stereocenters. The number of carbonyl (C=O) groups excluding carboxylic acids is 4. The number of nitrogens with zero attached hydrogens (tertiary/aromatic N) is 3. The molecule has 3 N–H and O–H groups in total. The van der Waals surface area contributed by atoms with Gasteiger partial charge in [-0.1, -0.05) is 6.08 Å². The van der Waals surface area contributed by atoms with E-state index in [1.165, 1.54) is 52.3 Å². The average Bonchev–Trinajstić information content (AvgIpc) is 3.91. The zero-order valence-electron chi connectivity index (χ0n) is 33.0. The number of carboxylic acid groups (broad SMARTS) is 1. The number of carboxylic acids is 1. The number of aromatic nitrogens is 2. The third kappa shape index (κ3) is 7.86. The summed E-state index contributed by atoms with van der Waals surface area (Å²) in [5.41, 5.74) is 3.07. The second-order valence-corrected chi connectivity index (χ2v) is 14.0. The second kappa shape index (κ2) is 16.8. The van der Waals surface area contributed by atoms with Crippen molar-refractivity contribution < 1.29 is 57.5 Å². The number of likely N-dealkylation sites (N-methyl/N-ethyl adjacent to an activating group) is 2. The van der Waals surface area contributed by atoms with Crippen LogP contribution in [0.4, 0.5) is 15.3 Å². The molecule has 2 aromatic heterocycles. The van der Waals surface area contributed by atoms with E-state index in [1.807, 2.05) is 6.08 Å². The van der Waals surface area contributed by atoms with Crippen molar-refractivity contribution in [3.05, 3.63) is 52.9 Å². The van der Waals surface area contributed by atoms with Crippen molar-refractivity contribution in [3.63, 3.8) is 0 Å². The average molecular weight is 790 g/mol. The van der Waals surface area contributed by atoms with Gasteiger partial charge in [-0.05, 0) is 62.8 Å². The van der Waals surface area contributed by atoms with Crippen LogP contribution in [0.1, 0.15) is 57.8 Å². The number of aryl methyl sites for hydroxylation is 1. The van der Waals surface area contributed by atoms with Gasteiger partial charge in [-0.2, -0.15) is 0 Å². The molecule has 304 valence electrons. The van der Waals surface area contributed by atoms with E-state index in [2.05, 4.69) is 9.97 Å². The first-order valence-electron chi connectivity index (χ1n) is 18.5. The van der Waals surface area contributed by atoms with E-state index in [0.29, 0.717) is 88.1 Å². The van der Waals surface area contributed by atoms with Gasteiger partial charge in [0.25, 0.3) is 5.91 Å². The summed E-state index contributed by atoms with van der Waals surface area (Å²) in [6.07, 6.45) is 3.96. The molecule has 1 aliphatic carbocycles. The monoisotopic (exact) mass is 789 g/mol. The first kappa shape index (κ1) is 40.3. The lowest BCUT2D eigenvalue weighted by Gasteiger charge is -2.25. The molecule has 3 heterocycles. The molecular weight excluding hydrogens is 742 g/mol. The van der Waals surface area contributed by atoms with Gasteiger partial charge in [0, 0.05) is 56.3 Å². The Hall–Kier alpha value is -6.39. The highest BCUT2D eigenvalue weighted by atomic mass is 16.6. The first-order valence-corrected chi connectivity index (χ1v) is 18.5. The number of ether oxygens (including phenoxy) is 6. The molecule has 3 amide bonds. The van der Waals surface area contributed by atoms with Crippen molar-refractivity contribution in [3.8, 4) is 23.0 Å². The van der Waals surface area contributed by atoms with Gasteiger partial charge in [-0.15, -0.1) is 0 Å². The van der Waals surface area contributed by atoms with Crippen LogP contribution in [0, 0.1) is 12.8 Å². The maximum absolute atomic E-state index is 14.3. The van der Waals surface area contributed by atoms with E-state index in [1.54, 1.807) is 36.1 Å². The summed E-state index contributed by atoms with van der Waals surface area (Å²) in [7, 11) is 8.81. The Kier molecular flexibility index (Phi) is 11.8. The number of methoxy groups -OCH3 is 4. The van der Waals surface area contributed by atoms with E-state index in [4.69, 9.17) is 28.4 Å². The summed E-state index contributed by atoms with van der Waals surface area (Å²) in [4.78, 5) is 75.9. The molecule has 2 unspecified atom stereocenters. The predicted molar refractivity (Wildman–Crippen MR) is 208 cm³/mol. The van der Waals surface area contributed by atoms with Crippen LogP contribution >= 0.6 is 0 Å². The second-order valence-electron chi connectivity index (χ2n) is 14.0. The number of amides is 3. The molecule has 17 nitrogen and oxygen atoms in total. The van der Waals surface area contributed by atoms with Crippen LogP contribution in [-0.4, -0.2) is 123 Å². The van der Waals surface area contributed by atoms with E-state index in [9.17, 15) is 29.1 Å². The summed E-state index contributed by atoms with van der Waals surface area (Å²) in [5, 5.41) is 10.6. The molecule has 2 aromatic carbocycles. The number of aromatic amines is 2. The molecule has 17 heteroatoms. The zero-order valence-corrected chi connectivity index (χ0v) is 33.0. The van der Waals surface area contributed by atoms with Gasteiger partial charge in [-0.3, -0.25) is 9.59 Å². The van der Waals surface area contributed by atoms with Gasteiger partial charge in [-0.25, -0.2) is 14.4 Å². The van der Waals surface area contributed by atoms with Crippen molar-refractivity contribution in [2.75, 3.05) is 67.1 Å². The number of fused-ring (bicyclic) bond motifs is 4. The smallest absolute Gasteiger partial charge is 0.415 e. The Morgan fingerprint density at radius 1 is 0.860 bits per heavy atom. The molecule has 0 spiro atoms. The molecule has 1 aliphatic heterocycles. The minimum atomic E-state index is -0.862. The zero-order chi connectivity index (χ0) is 41.1. The fraction of sp³-hybridized carbons (Fsp3) is 0.425. The number of rotatable bonds is 11. The Morgan fingerprint density at radius 3 is 2.25 bits per heavy atom. The number of allylic oxidation sites excluding steroid dienone is 1. The number of H-pyrrole nitrogens is 2. The number of anilines is 1. The van der Waals surface area contributed by atoms with Crippen LogP contribution < -0.4 is 23.8 Å². The van der Waals surface area contributed by atoms with E-state index < -0.39 is 36.1 Å². The number of hydrogen-bond donors (Lipinski definition) is 3. The van der Waals surface area contributed by atoms with Crippen molar-refractivity contribution in [2.45, 2.75) is 45.1 Å². The third-order valence-electron chi connectivity index (χ3n) is 10.5. The topological polar surface area (TPSA) is 202 Å². The lowest BCUT2D eigenvalue weighted by Crippen LogP contribution is -2.39. The summed E-state index contributed by atoms with van der Waals surface area (Å²) < 4.78 is 33.3. The predicted octanol–water partition coefficient (Wildman–Crippen LogP) is 5.67. The van der Waals surface area contributed by atoms with Gasteiger partial charge in [0.05, 0.1) is 56.6 Å². The standard InChI is InChI=1S/C40H47N5O12/c1-21-30(38(49)55-7)31-25-14-15-45(36(46)26-18-23-19-29(52-4)34(53-5)35(54-6)32(23)42-26)27(25)20-28(33(31)41-21)57-40(51)44(3)17-16-43(2)39(50)56-24-11-9-8-10-22(12-13-24)37(47)48/h9,11,18-20,22,24,41-42H,8,10,12-17H2,1-7H3,(H,47,48)/b11-9+. The lowest BCUT2D eigenvalue weighted by molar-refractivity contribution is -0.142. The molecule has 0 radical (unpaired) electrons. The number of aliphatic carboxylic acids is 1. The summed E-state index contributed by atoms with van der Waals surface area (Å²) in [6, 6.07) is 5.02. The van der Waals surface area contributed by atoms with Crippen molar-refractivity contribution in [1.29, 1.82) is 0 Å². The minimum absolute atomic E-state index is 0.0707. The van der Waals surface area contributed by atoms with Gasteiger partial charge in [0.2, 0.25) is 5.75 Å². The number of hydrogen-bond acceptors (Lipinski definition) is 11. The molecular formula is C40H47N5O12. The molecule has 0 saturated heterocycles. The normalized spacial score (nSPS) is 16.9. The van der Waals surface area contributed by atoms with Crippen molar-refractivity contribution in [2.24, 2.45) is 5.92 Å². The fourth-order valence-electron chi connectivity index (χ4n) is 7.39. The molecule has 0 saturated carbocycles. The summed E-state index contributed by atoms with van der Waals surface area (Å²) in [5.74, 6) is -1.10. The molecule has 0 fully saturated rings. The van der Waals surface area contributed by atoms with Crippen LogP contribution in [0.3, 0.4) is 0 Å². The lowest BCUT2D eigenvalue weighted by atomic mass is 9.93. The minimum Gasteiger partial charge on any atom is -0.493 e. The molecule has 6 rings (SSSR count). The van der Waals surface area contributed by atoms with Gasteiger partial charge in [0.1, 0.15) is 11.8 Å². The SMILES string of the molecule is COC(=O)c1c(C)[nH]c2c(OC(=O)N(C)CCN(C)C(=O)OC3/C=C/CCC(C(=O)O)CC3)cc3c(c12)CCN3C(=O)c1cc2cc(OC)c(OC)c(OC)c2[nH]1. The summed E-state index contributed by atoms with van der Waals surface area (Å²) >= 11 is 0. The van der Waals surface area contributed by atoms with Crippen LogP contribution in [0.2, 0.25) is 0 Å². The molecule has 2 aliphatic rings. The first-order chi connectivity index (χ1) is 27.3.